The molecule has 0 spiro atoms. The van der Waals surface area contributed by atoms with E-state index in [0.717, 1.165) is 58.5 Å². The van der Waals surface area contributed by atoms with E-state index in [1.54, 1.807) is 17.1 Å². The number of morpholine rings is 1. The van der Waals surface area contributed by atoms with Crippen molar-refractivity contribution in [2.24, 2.45) is 10.9 Å². The molecule has 0 radical (unpaired) electrons. The highest BCUT2D eigenvalue weighted by Gasteiger charge is 2.38. The Morgan fingerprint density at radius 1 is 1.12 bits per heavy atom. The van der Waals surface area contributed by atoms with Gasteiger partial charge in [-0.1, -0.05) is 6.42 Å². The van der Waals surface area contributed by atoms with Gasteiger partial charge in [-0.15, -0.1) is 0 Å². The molecule has 4 aliphatic rings. The Bertz CT molecular complexity index is 834. The normalized spacial score (nSPS) is 22.8. The Labute approximate surface area is 193 Å². The molecule has 3 heterocycles. The molecule has 2 amide bonds. The Kier molecular flexibility index (Phi) is 7.88. The van der Waals surface area contributed by atoms with Crippen LogP contribution in [0.25, 0.3) is 0 Å². The van der Waals surface area contributed by atoms with Gasteiger partial charge < -0.3 is 19.5 Å². The SMILES string of the molecule is O=C(CCCCCN1C(=O)C2C=C3OCOC3=CC2=NC1=S)NCCCN1CCOCC1. The lowest BCUT2D eigenvalue weighted by Crippen LogP contribution is -2.46. The van der Waals surface area contributed by atoms with E-state index < -0.39 is 5.92 Å². The van der Waals surface area contributed by atoms with Gasteiger partial charge in [0.1, 0.15) is 5.92 Å². The first kappa shape index (κ1) is 22.9. The van der Waals surface area contributed by atoms with Crippen LogP contribution >= 0.6 is 12.2 Å². The van der Waals surface area contributed by atoms with Crippen molar-refractivity contribution in [2.45, 2.75) is 32.1 Å². The molecule has 2 fully saturated rings. The number of thiocarbonyl (C=S) groups is 1. The summed E-state index contributed by atoms with van der Waals surface area (Å²) < 4.78 is 16.1. The zero-order valence-electron chi connectivity index (χ0n) is 18.2. The number of carbonyl (C=O) groups is 2. The third kappa shape index (κ3) is 5.73. The molecule has 32 heavy (non-hydrogen) atoms. The number of rotatable bonds is 10. The predicted molar refractivity (Wildman–Crippen MR) is 122 cm³/mol. The smallest absolute Gasteiger partial charge is 0.241 e. The number of carbonyl (C=O) groups excluding carboxylic acids is 2. The summed E-state index contributed by atoms with van der Waals surface area (Å²) in [5, 5.41) is 3.28. The molecular formula is C22H30N4O5S. The average molecular weight is 463 g/mol. The fourth-order valence-electron chi connectivity index (χ4n) is 4.12. The number of fused-ring (bicyclic) bond motifs is 2. The van der Waals surface area contributed by atoms with Crippen LogP contribution in [-0.2, 0) is 23.8 Å². The van der Waals surface area contributed by atoms with Crippen molar-refractivity contribution in [3.05, 3.63) is 23.7 Å². The van der Waals surface area contributed by atoms with E-state index in [2.05, 4.69) is 15.2 Å². The highest BCUT2D eigenvalue weighted by atomic mass is 32.1. The number of amides is 2. The molecule has 174 valence electrons. The van der Waals surface area contributed by atoms with Gasteiger partial charge in [0.25, 0.3) is 0 Å². The number of unbranched alkanes of at least 4 members (excludes halogenated alkanes) is 2. The summed E-state index contributed by atoms with van der Waals surface area (Å²) in [5.41, 5.74) is 0.603. The second-order valence-electron chi connectivity index (χ2n) is 8.20. The number of nitrogens with zero attached hydrogens (tertiary/aromatic N) is 3. The van der Waals surface area contributed by atoms with Crippen LogP contribution in [0.5, 0.6) is 0 Å². The molecule has 1 N–H and O–H groups in total. The van der Waals surface area contributed by atoms with E-state index in [4.69, 9.17) is 26.4 Å². The Morgan fingerprint density at radius 3 is 2.78 bits per heavy atom. The summed E-state index contributed by atoms with van der Waals surface area (Å²) in [4.78, 5) is 33.3. The van der Waals surface area contributed by atoms with Crippen molar-refractivity contribution in [3.63, 3.8) is 0 Å². The predicted octanol–water partition coefficient (Wildman–Crippen LogP) is 1.36. The first-order valence-corrected chi connectivity index (χ1v) is 11.7. The van der Waals surface area contributed by atoms with Gasteiger partial charge in [0.2, 0.25) is 23.7 Å². The van der Waals surface area contributed by atoms with Crippen LogP contribution in [0.3, 0.4) is 0 Å². The fourth-order valence-corrected chi connectivity index (χ4v) is 4.40. The van der Waals surface area contributed by atoms with Crippen molar-refractivity contribution in [2.75, 3.05) is 52.7 Å². The van der Waals surface area contributed by atoms with Crippen LogP contribution in [0.15, 0.2) is 28.7 Å². The van der Waals surface area contributed by atoms with Gasteiger partial charge in [-0.2, -0.15) is 0 Å². The number of aliphatic imine (C=N–C) groups is 1. The molecule has 0 saturated carbocycles. The monoisotopic (exact) mass is 462 g/mol. The van der Waals surface area contributed by atoms with E-state index in [1.165, 1.54) is 0 Å². The molecule has 10 heteroatoms. The molecule has 0 aromatic heterocycles. The lowest BCUT2D eigenvalue weighted by Gasteiger charge is -2.30. The number of nitrogens with one attached hydrogen (secondary N) is 1. The van der Waals surface area contributed by atoms with Gasteiger partial charge in [-0.3, -0.25) is 19.4 Å². The Balaban J connectivity index is 1.11. The Hall–Kier alpha value is -2.30. The summed E-state index contributed by atoms with van der Waals surface area (Å²) in [7, 11) is 0. The van der Waals surface area contributed by atoms with Gasteiger partial charge >= 0.3 is 0 Å². The minimum atomic E-state index is -0.481. The van der Waals surface area contributed by atoms with Crippen molar-refractivity contribution >= 4 is 34.9 Å². The molecule has 1 unspecified atom stereocenters. The molecule has 0 aromatic carbocycles. The van der Waals surface area contributed by atoms with Crippen LogP contribution in [0.1, 0.15) is 32.1 Å². The highest BCUT2D eigenvalue weighted by Crippen LogP contribution is 2.31. The molecule has 1 atom stereocenters. The lowest BCUT2D eigenvalue weighted by atomic mass is 9.93. The van der Waals surface area contributed by atoms with Gasteiger partial charge in [-0.25, -0.2) is 4.99 Å². The molecule has 3 aliphatic heterocycles. The van der Waals surface area contributed by atoms with Crippen LogP contribution in [-0.4, -0.2) is 85.2 Å². The third-order valence-corrected chi connectivity index (χ3v) is 6.25. The topological polar surface area (TPSA) is 92.7 Å². The maximum Gasteiger partial charge on any atom is 0.241 e. The van der Waals surface area contributed by atoms with Crippen molar-refractivity contribution in [1.29, 1.82) is 0 Å². The zero-order chi connectivity index (χ0) is 22.3. The second-order valence-corrected chi connectivity index (χ2v) is 8.57. The molecule has 2 saturated heterocycles. The summed E-state index contributed by atoms with van der Waals surface area (Å²) >= 11 is 5.34. The first-order valence-electron chi connectivity index (χ1n) is 11.3. The van der Waals surface area contributed by atoms with Gasteiger partial charge in [-0.05, 0) is 44.1 Å². The van der Waals surface area contributed by atoms with E-state index in [0.29, 0.717) is 36.7 Å². The standard InChI is InChI=1S/C22H30N4O5S/c27-20(23-6-4-7-25-9-11-29-12-10-25)5-2-1-3-8-26-21(28)16-13-18-19(31-15-30-18)14-17(16)24-22(26)32/h13-14,16H,1-12,15H2,(H,23,27). The van der Waals surface area contributed by atoms with Crippen molar-refractivity contribution in [1.82, 2.24) is 15.1 Å². The van der Waals surface area contributed by atoms with E-state index in [1.807, 2.05) is 0 Å². The maximum absolute atomic E-state index is 12.9. The number of ether oxygens (including phenoxy) is 3. The molecular weight excluding hydrogens is 432 g/mol. The number of hydrogen-bond donors (Lipinski definition) is 1. The van der Waals surface area contributed by atoms with Gasteiger partial charge in [0.15, 0.2) is 11.5 Å². The lowest BCUT2D eigenvalue weighted by molar-refractivity contribution is -0.128. The van der Waals surface area contributed by atoms with Crippen LogP contribution < -0.4 is 5.32 Å². The zero-order valence-corrected chi connectivity index (χ0v) is 19.0. The highest BCUT2D eigenvalue weighted by molar-refractivity contribution is 7.80. The minimum absolute atomic E-state index is 0.0843. The van der Waals surface area contributed by atoms with Gasteiger partial charge in [0.05, 0.1) is 18.9 Å². The largest absolute Gasteiger partial charge is 0.454 e. The molecule has 4 rings (SSSR count). The van der Waals surface area contributed by atoms with E-state index in [9.17, 15) is 9.59 Å². The summed E-state index contributed by atoms with van der Waals surface area (Å²) in [6.45, 7) is 5.90. The molecule has 9 nitrogen and oxygen atoms in total. The van der Waals surface area contributed by atoms with E-state index >= 15 is 0 Å². The number of allylic oxidation sites excluding steroid dienone is 1. The van der Waals surface area contributed by atoms with E-state index in [-0.39, 0.29) is 23.7 Å². The third-order valence-electron chi connectivity index (χ3n) is 5.94. The minimum Gasteiger partial charge on any atom is -0.454 e. The Morgan fingerprint density at radius 2 is 1.94 bits per heavy atom. The average Bonchev–Trinajstić information content (AvgIpc) is 3.25. The summed E-state index contributed by atoms with van der Waals surface area (Å²) in [5.74, 6) is 0.706. The van der Waals surface area contributed by atoms with Crippen LogP contribution in [0.2, 0.25) is 0 Å². The first-order chi connectivity index (χ1) is 15.6. The van der Waals surface area contributed by atoms with Crippen LogP contribution in [0, 0.1) is 5.92 Å². The summed E-state index contributed by atoms with van der Waals surface area (Å²) in [6.07, 6.45) is 7.33. The summed E-state index contributed by atoms with van der Waals surface area (Å²) in [6, 6.07) is 0. The van der Waals surface area contributed by atoms with Crippen molar-refractivity contribution < 1.29 is 23.8 Å². The van der Waals surface area contributed by atoms with Gasteiger partial charge in [0, 0.05) is 38.7 Å². The fraction of sp³-hybridized carbons (Fsp3) is 0.636. The molecule has 0 aromatic rings. The second kappa shape index (κ2) is 11.0. The number of hydrogen-bond acceptors (Lipinski definition) is 7. The molecule has 0 bridgehead atoms. The van der Waals surface area contributed by atoms with Crippen molar-refractivity contribution in [3.8, 4) is 0 Å². The van der Waals surface area contributed by atoms with Crippen LogP contribution in [0.4, 0.5) is 0 Å². The maximum atomic E-state index is 12.9. The quantitative estimate of drug-likeness (QED) is 0.387. The molecule has 1 aliphatic carbocycles.